The topological polar surface area (TPSA) is 26.3 Å². The Hall–Kier alpha value is -1.66. The normalized spacial score (nSPS) is 12.4. The fourth-order valence-electron chi connectivity index (χ4n) is 1.12. The van der Waals surface area contributed by atoms with E-state index in [0.717, 1.165) is 19.2 Å². The van der Waals surface area contributed by atoms with Gasteiger partial charge >= 0.3 is 18.1 Å². The highest BCUT2D eigenvalue weighted by atomic mass is 19.4. The summed E-state index contributed by atoms with van der Waals surface area (Å²) in [6, 6.07) is 3.07. The van der Waals surface area contributed by atoms with E-state index >= 15 is 0 Å². The van der Waals surface area contributed by atoms with Crippen molar-refractivity contribution in [1.82, 2.24) is 0 Å². The van der Waals surface area contributed by atoms with Crippen LogP contribution in [0.1, 0.15) is 15.9 Å². The standard InChI is InChI=1S/C10H7F5O2/c1-17-8(16)6-3-2-4-7(5-6)9(11,12)10(13,14)15/h2-5H,1H3. The largest absolute Gasteiger partial charge is 0.465 e. The van der Waals surface area contributed by atoms with Crippen LogP contribution in [0.25, 0.3) is 0 Å². The minimum atomic E-state index is -5.71. The second kappa shape index (κ2) is 4.31. The Kier molecular flexibility index (Phi) is 3.40. The van der Waals surface area contributed by atoms with Gasteiger partial charge in [-0.2, -0.15) is 22.0 Å². The van der Waals surface area contributed by atoms with Crippen LogP contribution in [0.15, 0.2) is 24.3 Å². The molecule has 1 aromatic rings. The van der Waals surface area contributed by atoms with Gasteiger partial charge in [0, 0.05) is 5.56 Å². The van der Waals surface area contributed by atoms with Crippen molar-refractivity contribution in [2.24, 2.45) is 0 Å². The molecule has 0 bridgehead atoms. The van der Waals surface area contributed by atoms with Crippen LogP contribution >= 0.6 is 0 Å². The molecule has 0 fully saturated rings. The maximum atomic E-state index is 12.9. The van der Waals surface area contributed by atoms with Gasteiger partial charge in [-0.3, -0.25) is 0 Å². The number of carbonyl (C=O) groups excluding carboxylic acids is 1. The van der Waals surface area contributed by atoms with E-state index in [2.05, 4.69) is 4.74 Å². The Morgan fingerprint density at radius 1 is 1.18 bits per heavy atom. The zero-order valence-electron chi connectivity index (χ0n) is 8.52. The molecule has 0 aliphatic carbocycles. The summed E-state index contributed by atoms with van der Waals surface area (Å²) in [5, 5.41) is 0. The van der Waals surface area contributed by atoms with Gasteiger partial charge in [-0.25, -0.2) is 4.79 Å². The van der Waals surface area contributed by atoms with Gasteiger partial charge in [-0.1, -0.05) is 12.1 Å². The molecular weight excluding hydrogens is 247 g/mol. The SMILES string of the molecule is COC(=O)c1cccc(C(F)(F)C(F)(F)F)c1. The summed E-state index contributed by atoms with van der Waals surface area (Å²) in [6.07, 6.45) is -5.71. The Balaban J connectivity index is 3.21. The van der Waals surface area contributed by atoms with E-state index in [1.807, 2.05) is 0 Å². The summed E-state index contributed by atoms with van der Waals surface area (Å²) in [5.74, 6) is -5.98. The van der Waals surface area contributed by atoms with Crippen LogP contribution in [-0.4, -0.2) is 19.3 Å². The number of esters is 1. The second-order valence-corrected chi connectivity index (χ2v) is 3.14. The average Bonchev–Trinajstić information content (AvgIpc) is 2.26. The molecule has 0 N–H and O–H groups in total. The summed E-state index contributed by atoms with van der Waals surface area (Å²) in [6.45, 7) is 0. The molecule has 0 heterocycles. The molecule has 1 aromatic carbocycles. The molecule has 94 valence electrons. The smallest absolute Gasteiger partial charge is 0.458 e. The van der Waals surface area contributed by atoms with E-state index in [1.54, 1.807) is 0 Å². The van der Waals surface area contributed by atoms with E-state index in [1.165, 1.54) is 0 Å². The van der Waals surface area contributed by atoms with Crippen LogP contribution in [0.5, 0.6) is 0 Å². The first-order chi connectivity index (χ1) is 7.70. The molecule has 0 atom stereocenters. The van der Waals surface area contributed by atoms with E-state index in [0.29, 0.717) is 12.1 Å². The lowest BCUT2D eigenvalue weighted by atomic mass is 10.0. The monoisotopic (exact) mass is 254 g/mol. The van der Waals surface area contributed by atoms with Crippen molar-refractivity contribution in [3.63, 3.8) is 0 Å². The van der Waals surface area contributed by atoms with Crippen LogP contribution < -0.4 is 0 Å². The number of methoxy groups -OCH3 is 1. The van der Waals surface area contributed by atoms with Crippen molar-refractivity contribution >= 4 is 5.97 Å². The highest BCUT2D eigenvalue weighted by Gasteiger charge is 2.58. The van der Waals surface area contributed by atoms with E-state index in [-0.39, 0.29) is 5.56 Å². The van der Waals surface area contributed by atoms with Crippen LogP contribution in [0.3, 0.4) is 0 Å². The molecule has 17 heavy (non-hydrogen) atoms. The van der Waals surface area contributed by atoms with Gasteiger partial charge in [0.25, 0.3) is 0 Å². The molecule has 2 nitrogen and oxygen atoms in total. The number of rotatable bonds is 2. The number of hydrogen-bond donors (Lipinski definition) is 0. The molecule has 0 aliphatic heterocycles. The van der Waals surface area contributed by atoms with Crippen molar-refractivity contribution < 1.29 is 31.5 Å². The Labute approximate surface area is 93.0 Å². The van der Waals surface area contributed by atoms with Gasteiger partial charge in [0.15, 0.2) is 0 Å². The molecule has 0 spiro atoms. The average molecular weight is 254 g/mol. The third-order valence-corrected chi connectivity index (χ3v) is 2.00. The zero-order chi connectivity index (χ0) is 13.3. The Morgan fingerprint density at radius 2 is 1.76 bits per heavy atom. The Bertz CT molecular complexity index is 425. The third-order valence-electron chi connectivity index (χ3n) is 2.00. The third kappa shape index (κ3) is 2.54. The summed E-state index contributed by atoms with van der Waals surface area (Å²) in [7, 11) is 0.997. The lowest BCUT2D eigenvalue weighted by Crippen LogP contribution is -2.33. The van der Waals surface area contributed by atoms with E-state index in [9.17, 15) is 26.7 Å². The molecule has 0 unspecified atom stereocenters. The summed E-state index contributed by atoms with van der Waals surface area (Å²) in [5.41, 5.74) is -1.66. The van der Waals surface area contributed by atoms with Crippen molar-refractivity contribution in [1.29, 1.82) is 0 Å². The number of halogens is 5. The van der Waals surface area contributed by atoms with Crippen LogP contribution in [-0.2, 0) is 10.7 Å². The van der Waals surface area contributed by atoms with Crippen LogP contribution in [0, 0.1) is 0 Å². The fourth-order valence-corrected chi connectivity index (χ4v) is 1.12. The van der Waals surface area contributed by atoms with E-state index in [4.69, 9.17) is 0 Å². The lowest BCUT2D eigenvalue weighted by Gasteiger charge is -2.20. The highest BCUT2D eigenvalue weighted by Crippen LogP contribution is 2.43. The lowest BCUT2D eigenvalue weighted by molar-refractivity contribution is -0.289. The van der Waals surface area contributed by atoms with Gasteiger partial charge in [0.2, 0.25) is 0 Å². The molecule has 7 heteroatoms. The van der Waals surface area contributed by atoms with Gasteiger partial charge in [0.1, 0.15) is 0 Å². The van der Waals surface area contributed by atoms with Crippen molar-refractivity contribution in [3.8, 4) is 0 Å². The number of benzene rings is 1. The molecule has 0 amide bonds. The minimum absolute atomic E-state index is 0.367. The molecule has 0 aliphatic rings. The first-order valence-corrected chi connectivity index (χ1v) is 4.33. The quantitative estimate of drug-likeness (QED) is 0.598. The predicted molar refractivity (Wildman–Crippen MR) is 47.7 cm³/mol. The first-order valence-electron chi connectivity index (χ1n) is 4.33. The maximum Gasteiger partial charge on any atom is 0.458 e. The molecule has 1 rings (SSSR count). The van der Waals surface area contributed by atoms with Crippen LogP contribution in [0.4, 0.5) is 22.0 Å². The van der Waals surface area contributed by atoms with Crippen molar-refractivity contribution in [2.45, 2.75) is 12.1 Å². The summed E-state index contributed by atoms with van der Waals surface area (Å²) >= 11 is 0. The summed E-state index contributed by atoms with van der Waals surface area (Å²) < 4.78 is 66.3. The minimum Gasteiger partial charge on any atom is -0.465 e. The number of ether oxygens (including phenoxy) is 1. The number of carbonyl (C=O) groups is 1. The van der Waals surface area contributed by atoms with Crippen LogP contribution in [0.2, 0.25) is 0 Å². The van der Waals surface area contributed by atoms with Crippen molar-refractivity contribution in [2.75, 3.05) is 7.11 Å². The molecule has 0 radical (unpaired) electrons. The number of hydrogen-bond acceptors (Lipinski definition) is 2. The van der Waals surface area contributed by atoms with Gasteiger partial charge < -0.3 is 4.74 Å². The fraction of sp³-hybridized carbons (Fsp3) is 0.300. The first kappa shape index (κ1) is 13.4. The zero-order valence-corrected chi connectivity index (χ0v) is 8.52. The summed E-state index contributed by atoms with van der Waals surface area (Å²) in [4.78, 5) is 11.0. The molecule has 0 saturated carbocycles. The maximum absolute atomic E-state index is 12.9. The van der Waals surface area contributed by atoms with Gasteiger partial charge in [-0.05, 0) is 12.1 Å². The second-order valence-electron chi connectivity index (χ2n) is 3.14. The van der Waals surface area contributed by atoms with Crippen molar-refractivity contribution in [3.05, 3.63) is 35.4 Å². The Morgan fingerprint density at radius 3 is 2.24 bits per heavy atom. The number of alkyl halides is 5. The molecule has 0 saturated heterocycles. The van der Waals surface area contributed by atoms with E-state index < -0.39 is 23.6 Å². The van der Waals surface area contributed by atoms with Gasteiger partial charge in [-0.15, -0.1) is 0 Å². The van der Waals surface area contributed by atoms with Gasteiger partial charge in [0.05, 0.1) is 12.7 Å². The highest BCUT2D eigenvalue weighted by molar-refractivity contribution is 5.89. The molecular formula is C10H7F5O2. The molecule has 0 aromatic heterocycles. The predicted octanol–water partition coefficient (Wildman–Crippen LogP) is 3.13.